The summed E-state index contributed by atoms with van der Waals surface area (Å²) in [5.74, 6) is 0. The number of benzene rings is 1. The summed E-state index contributed by atoms with van der Waals surface area (Å²) < 4.78 is 21.4. The Morgan fingerprint density at radius 3 is 2.58 bits per heavy atom. The zero-order valence-corrected chi connectivity index (χ0v) is 11.2. The average Bonchev–Trinajstić information content (AvgIpc) is 2.47. The van der Waals surface area contributed by atoms with Gasteiger partial charge in [-0.1, -0.05) is 30.3 Å². The van der Waals surface area contributed by atoms with E-state index in [1.165, 1.54) is 7.11 Å². The van der Waals surface area contributed by atoms with Crippen LogP contribution in [0.5, 0.6) is 0 Å². The van der Waals surface area contributed by atoms with E-state index in [9.17, 15) is 5.11 Å². The molecule has 0 saturated carbocycles. The van der Waals surface area contributed by atoms with Crippen molar-refractivity contribution >= 4 is 0 Å². The molecule has 0 spiro atoms. The number of ether oxygens (including phenoxy) is 4. The van der Waals surface area contributed by atoms with Gasteiger partial charge < -0.3 is 24.1 Å². The summed E-state index contributed by atoms with van der Waals surface area (Å²) in [5.41, 5.74) is 1.06. The molecule has 1 aromatic carbocycles. The predicted octanol–water partition coefficient (Wildman–Crippen LogP) is 1.30. The highest BCUT2D eigenvalue weighted by Gasteiger charge is 2.38. The molecule has 1 aliphatic heterocycles. The minimum absolute atomic E-state index is 0.371. The number of aliphatic hydroxyl groups excluding tert-OH is 1. The maximum Gasteiger partial charge on any atom is 0.188 e. The lowest BCUT2D eigenvalue weighted by Crippen LogP contribution is -2.50. The minimum atomic E-state index is -0.819. The number of methoxy groups -OCH3 is 2. The van der Waals surface area contributed by atoms with E-state index < -0.39 is 18.7 Å². The van der Waals surface area contributed by atoms with Gasteiger partial charge in [-0.15, -0.1) is 0 Å². The van der Waals surface area contributed by atoms with Gasteiger partial charge in [0.05, 0.1) is 12.7 Å². The number of hydrogen-bond acceptors (Lipinski definition) is 5. The van der Waals surface area contributed by atoms with Crippen LogP contribution in [-0.2, 0) is 25.6 Å². The molecule has 1 saturated heterocycles. The van der Waals surface area contributed by atoms with E-state index in [-0.39, 0.29) is 6.10 Å². The predicted molar refractivity (Wildman–Crippen MR) is 68.3 cm³/mol. The van der Waals surface area contributed by atoms with Crippen LogP contribution in [0.2, 0.25) is 0 Å². The first kappa shape index (κ1) is 14.4. The van der Waals surface area contributed by atoms with Crippen molar-refractivity contribution in [2.75, 3.05) is 14.2 Å². The Morgan fingerprint density at radius 2 is 1.95 bits per heavy atom. The van der Waals surface area contributed by atoms with E-state index in [0.717, 1.165) is 5.56 Å². The fraction of sp³-hybridized carbons (Fsp3) is 0.571. The molecule has 1 aliphatic rings. The van der Waals surface area contributed by atoms with Crippen LogP contribution >= 0.6 is 0 Å². The molecule has 0 aromatic heterocycles. The van der Waals surface area contributed by atoms with Gasteiger partial charge in [-0.3, -0.25) is 0 Å². The average molecular weight is 268 g/mol. The Balaban J connectivity index is 1.93. The SMILES string of the molecule is CO[C@@H]1C[C@@H](OCc2ccccc2)[C@H](O)[C@@H](OC)O1. The first-order valence-corrected chi connectivity index (χ1v) is 6.29. The van der Waals surface area contributed by atoms with Crippen LogP contribution in [0.4, 0.5) is 0 Å². The molecule has 0 bridgehead atoms. The van der Waals surface area contributed by atoms with Gasteiger partial charge >= 0.3 is 0 Å². The molecule has 0 radical (unpaired) electrons. The molecule has 1 N–H and O–H groups in total. The monoisotopic (exact) mass is 268 g/mol. The first-order chi connectivity index (χ1) is 9.24. The molecule has 1 fully saturated rings. The van der Waals surface area contributed by atoms with Crippen LogP contribution in [0, 0.1) is 0 Å². The molecule has 5 nitrogen and oxygen atoms in total. The maximum atomic E-state index is 10.1. The smallest absolute Gasteiger partial charge is 0.188 e. The summed E-state index contributed by atoms with van der Waals surface area (Å²) in [7, 11) is 3.05. The Kier molecular flexibility index (Phi) is 5.30. The maximum absolute atomic E-state index is 10.1. The Labute approximate surface area is 113 Å². The molecule has 0 amide bonds. The number of hydrogen-bond donors (Lipinski definition) is 1. The molecule has 2 rings (SSSR count). The van der Waals surface area contributed by atoms with Gasteiger partial charge in [0.1, 0.15) is 6.10 Å². The van der Waals surface area contributed by atoms with Crippen molar-refractivity contribution < 1.29 is 24.1 Å². The molecule has 106 valence electrons. The van der Waals surface area contributed by atoms with Gasteiger partial charge in [-0.05, 0) is 5.56 Å². The summed E-state index contributed by atoms with van der Waals surface area (Å²) >= 11 is 0. The van der Waals surface area contributed by atoms with Gasteiger partial charge in [-0.2, -0.15) is 0 Å². The third kappa shape index (κ3) is 3.75. The summed E-state index contributed by atoms with van der Waals surface area (Å²) in [6.45, 7) is 0.440. The fourth-order valence-electron chi connectivity index (χ4n) is 2.08. The lowest BCUT2D eigenvalue weighted by atomic mass is 10.1. The van der Waals surface area contributed by atoms with Crippen LogP contribution in [0.1, 0.15) is 12.0 Å². The topological polar surface area (TPSA) is 57.2 Å². The minimum Gasteiger partial charge on any atom is -0.385 e. The van der Waals surface area contributed by atoms with Crippen LogP contribution in [-0.4, -0.2) is 44.1 Å². The van der Waals surface area contributed by atoms with E-state index in [0.29, 0.717) is 13.0 Å². The van der Waals surface area contributed by atoms with Crippen LogP contribution in [0.3, 0.4) is 0 Å². The molecular formula is C14H20O5. The van der Waals surface area contributed by atoms with E-state index in [4.69, 9.17) is 18.9 Å². The molecule has 1 heterocycles. The van der Waals surface area contributed by atoms with Crippen molar-refractivity contribution in [3.63, 3.8) is 0 Å². The summed E-state index contributed by atoms with van der Waals surface area (Å²) in [4.78, 5) is 0. The van der Waals surface area contributed by atoms with Crippen LogP contribution in [0.25, 0.3) is 0 Å². The normalized spacial score (nSPS) is 31.3. The Bertz CT molecular complexity index is 369. The van der Waals surface area contributed by atoms with Crippen molar-refractivity contribution in [2.24, 2.45) is 0 Å². The third-order valence-corrected chi connectivity index (χ3v) is 3.17. The molecule has 19 heavy (non-hydrogen) atoms. The van der Waals surface area contributed by atoms with Crippen molar-refractivity contribution in [1.29, 1.82) is 0 Å². The highest BCUT2D eigenvalue weighted by molar-refractivity contribution is 5.13. The molecular weight excluding hydrogens is 248 g/mol. The van der Waals surface area contributed by atoms with Gasteiger partial charge in [-0.25, -0.2) is 0 Å². The van der Waals surface area contributed by atoms with Gasteiger partial charge in [0, 0.05) is 20.6 Å². The van der Waals surface area contributed by atoms with E-state index in [1.54, 1.807) is 7.11 Å². The fourth-order valence-corrected chi connectivity index (χ4v) is 2.08. The van der Waals surface area contributed by atoms with Crippen LogP contribution in [0.15, 0.2) is 30.3 Å². The number of aliphatic hydroxyl groups is 1. The van der Waals surface area contributed by atoms with Crippen molar-refractivity contribution in [1.82, 2.24) is 0 Å². The second kappa shape index (κ2) is 6.98. The van der Waals surface area contributed by atoms with Crippen molar-refractivity contribution in [2.45, 2.75) is 37.8 Å². The summed E-state index contributed by atoms with van der Waals surface area (Å²) in [6.07, 6.45) is -1.86. The first-order valence-electron chi connectivity index (χ1n) is 6.29. The van der Waals surface area contributed by atoms with E-state index >= 15 is 0 Å². The van der Waals surface area contributed by atoms with E-state index in [1.807, 2.05) is 30.3 Å². The summed E-state index contributed by atoms with van der Waals surface area (Å²) in [5, 5.41) is 10.1. The molecule has 5 heteroatoms. The standard InChI is InChI=1S/C14H20O5/c1-16-12-8-11(13(15)14(17-2)19-12)18-9-10-6-4-3-5-7-10/h3-7,11-15H,8-9H2,1-2H3/t11-,12+,13+,14+/m1/s1. The lowest BCUT2D eigenvalue weighted by molar-refractivity contribution is -0.313. The second-order valence-corrected chi connectivity index (χ2v) is 4.47. The van der Waals surface area contributed by atoms with Gasteiger partial charge in [0.15, 0.2) is 12.6 Å². The molecule has 4 atom stereocenters. The largest absolute Gasteiger partial charge is 0.385 e. The molecule has 0 aliphatic carbocycles. The highest BCUT2D eigenvalue weighted by atomic mass is 16.8. The van der Waals surface area contributed by atoms with Crippen LogP contribution < -0.4 is 0 Å². The lowest BCUT2D eigenvalue weighted by Gasteiger charge is -2.37. The van der Waals surface area contributed by atoms with Gasteiger partial charge in [0.2, 0.25) is 0 Å². The Hall–Kier alpha value is -0.980. The third-order valence-electron chi connectivity index (χ3n) is 3.17. The van der Waals surface area contributed by atoms with Crippen molar-refractivity contribution in [3.05, 3.63) is 35.9 Å². The molecule has 0 unspecified atom stereocenters. The second-order valence-electron chi connectivity index (χ2n) is 4.47. The zero-order valence-electron chi connectivity index (χ0n) is 11.2. The quantitative estimate of drug-likeness (QED) is 0.872. The van der Waals surface area contributed by atoms with E-state index in [2.05, 4.69) is 0 Å². The number of rotatable bonds is 5. The highest BCUT2D eigenvalue weighted by Crippen LogP contribution is 2.24. The van der Waals surface area contributed by atoms with Crippen molar-refractivity contribution in [3.8, 4) is 0 Å². The van der Waals surface area contributed by atoms with Gasteiger partial charge in [0.25, 0.3) is 0 Å². The Morgan fingerprint density at radius 1 is 1.21 bits per heavy atom. The zero-order chi connectivity index (χ0) is 13.7. The molecule has 1 aromatic rings. The summed E-state index contributed by atoms with van der Waals surface area (Å²) in [6, 6.07) is 9.82.